The summed E-state index contributed by atoms with van der Waals surface area (Å²) >= 11 is 12.2. The van der Waals surface area contributed by atoms with Crippen molar-refractivity contribution in [1.82, 2.24) is 9.66 Å². The van der Waals surface area contributed by atoms with Crippen LogP contribution >= 0.6 is 23.2 Å². The third-order valence-corrected chi connectivity index (χ3v) is 4.02. The maximum Gasteiger partial charge on any atom is 0.281 e. The number of halogens is 2. The molecule has 0 unspecified atom stereocenters. The molecule has 24 heavy (non-hydrogen) atoms. The quantitative estimate of drug-likeness (QED) is 0.765. The SMILES string of the molecule is COc1ccc(Nn2cnc3c(OC)c(Cl)cc(Cl)c3c2=O)cc1. The molecule has 0 amide bonds. The van der Waals surface area contributed by atoms with E-state index >= 15 is 0 Å². The predicted molar refractivity (Wildman–Crippen MR) is 94.6 cm³/mol. The van der Waals surface area contributed by atoms with Gasteiger partial charge in [0.15, 0.2) is 5.75 Å². The molecule has 0 fully saturated rings. The number of benzene rings is 2. The van der Waals surface area contributed by atoms with Gasteiger partial charge in [-0.2, -0.15) is 0 Å². The number of ether oxygens (including phenoxy) is 2. The Bertz CT molecular complexity index is 955. The summed E-state index contributed by atoms with van der Waals surface area (Å²) in [5, 5.41) is 0.725. The van der Waals surface area contributed by atoms with Crippen LogP contribution in [0.25, 0.3) is 10.9 Å². The Kier molecular flexibility index (Phi) is 4.51. The van der Waals surface area contributed by atoms with Crippen molar-refractivity contribution in [2.45, 2.75) is 0 Å². The molecule has 124 valence electrons. The fourth-order valence-corrected chi connectivity index (χ4v) is 2.89. The predicted octanol–water partition coefficient (Wildman–Crippen LogP) is 3.60. The average molecular weight is 366 g/mol. The molecular formula is C16H13Cl2N3O3. The van der Waals surface area contributed by atoms with Gasteiger partial charge in [0, 0.05) is 0 Å². The highest BCUT2D eigenvalue weighted by Gasteiger charge is 2.16. The van der Waals surface area contributed by atoms with Crippen molar-refractivity contribution in [2.75, 3.05) is 19.6 Å². The van der Waals surface area contributed by atoms with Gasteiger partial charge in [-0.3, -0.25) is 10.2 Å². The molecule has 0 saturated carbocycles. The molecule has 0 aliphatic heterocycles. The van der Waals surface area contributed by atoms with Crippen molar-refractivity contribution in [2.24, 2.45) is 0 Å². The smallest absolute Gasteiger partial charge is 0.281 e. The van der Waals surface area contributed by atoms with Crippen LogP contribution in [0.1, 0.15) is 0 Å². The minimum absolute atomic E-state index is 0.208. The number of anilines is 1. The third kappa shape index (κ3) is 2.86. The van der Waals surface area contributed by atoms with E-state index in [1.54, 1.807) is 31.4 Å². The van der Waals surface area contributed by atoms with Crippen LogP contribution in [-0.4, -0.2) is 23.9 Å². The standard InChI is InChI=1S/C16H13Cl2N3O3/c1-23-10-5-3-9(4-6-10)20-21-8-19-14-13(16(21)22)11(17)7-12(18)15(14)24-2/h3-8,20H,1-2H3. The van der Waals surface area contributed by atoms with Crippen LogP contribution < -0.4 is 20.5 Å². The molecule has 3 rings (SSSR count). The summed E-state index contributed by atoms with van der Waals surface area (Å²) in [5.41, 5.74) is 3.59. The maximum absolute atomic E-state index is 12.7. The molecule has 0 radical (unpaired) electrons. The zero-order chi connectivity index (χ0) is 17.3. The molecule has 0 bridgehead atoms. The molecule has 1 heterocycles. The largest absolute Gasteiger partial charge is 0.497 e. The lowest BCUT2D eigenvalue weighted by Crippen LogP contribution is -2.26. The van der Waals surface area contributed by atoms with Gasteiger partial charge in [0.25, 0.3) is 5.56 Å². The molecule has 0 aliphatic rings. The molecule has 1 N–H and O–H groups in total. The number of hydrogen-bond acceptors (Lipinski definition) is 5. The normalized spacial score (nSPS) is 10.7. The number of rotatable bonds is 4. The summed E-state index contributed by atoms with van der Waals surface area (Å²) in [5.74, 6) is 1.02. The molecule has 2 aromatic carbocycles. The Balaban J connectivity index is 2.10. The maximum atomic E-state index is 12.7. The van der Waals surface area contributed by atoms with Crippen molar-refractivity contribution in [3.8, 4) is 11.5 Å². The lowest BCUT2D eigenvalue weighted by atomic mass is 10.2. The minimum Gasteiger partial charge on any atom is -0.497 e. The van der Waals surface area contributed by atoms with E-state index in [0.717, 1.165) is 0 Å². The van der Waals surface area contributed by atoms with Gasteiger partial charge in [0.1, 0.15) is 17.6 Å². The Morgan fingerprint density at radius 3 is 2.42 bits per heavy atom. The Morgan fingerprint density at radius 2 is 1.79 bits per heavy atom. The first-order chi connectivity index (χ1) is 11.5. The second-order valence-electron chi connectivity index (χ2n) is 4.86. The van der Waals surface area contributed by atoms with Crippen LogP contribution in [0.5, 0.6) is 11.5 Å². The monoisotopic (exact) mass is 365 g/mol. The molecule has 3 aromatic rings. The second kappa shape index (κ2) is 6.59. The summed E-state index contributed by atoms with van der Waals surface area (Å²) in [6.07, 6.45) is 1.35. The van der Waals surface area contributed by atoms with Crippen molar-refractivity contribution in [1.29, 1.82) is 0 Å². The van der Waals surface area contributed by atoms with E-state index in [2.05, 4.69) is 10.4 Å². The molecule has 0 atom stereocenters. The number of aromatic nitrogens is 2. The van der Waals surface area contributed by atoms with Gasteiger partial charge in [-0.05, 0) is 30.3 Å². The molecule has 0 spiro atoms. The van der Waals surface area contributed by atoms with Crippen LogP contribution in [0.2, 0.25) is 10.0 Å². The average Bonchev–Trinajstić information content (AvgIpc) is 2.58. The molecule has 8 heteroatoms. The Labute approximate surface area is 147 Å². The minimum atomic E-state index is -0.365. The highest BCUT2D eigenvalue weighted by atomic mass is 35.5. The first kappa shape index (κ1) is 16.4. The van der Waals surface area contributed by atoms with E-state index in [1.165, 1.54) is 24.2 Å². The first-order valence-electron chi connectivity index (χ1n) is 6.89. The zero-order valence-corrected chi connectivity index (χ0v) is 14.4. The number of methoxy groups -OCH3 is 2. The molecule has 0 aliphatic carbocycles. The van der Waals surface area contributed by atoms with Crippen LogP contribution in [0.4, 0.5) is 5.69 Å². The van der Waals surface area contributed by atoms with Gasteiger partial charge in [-0.1, -0.05) is 23.2 Å². The number of nitrogens with one attached hydrogen (secondary N) is 1. The van der Waals surface area contributed by atoms with Crippen LogP contribution in [0, 0.1) is 0 Å². The number of hydrogen-bond donors (Lipinski definition) is 1. The highest BCUT2D eigenvalue weighted by Crippen LogP contribution is 2.35. The number of fused-ring (bicyclic) bond motifs is 1. The lowest BCUT2D eigenvalue weighted by Gasteiger charge is -2.13. The van der Waals surface area contributed by atoms with Crippen molar-refractivity contribution in [3.05, 3.63) is 57.1 Å². The topological polar surface area (TPSA) is 65.4 Å². The summed E-state index contributed by atoms with van der Waals surface area (Å²) in [6.45, 7) is 0. The second-order valence-corrected chi connectivity index (χ2v) is 5.67. The Morgan fingerprint density at radius 1 is 1.08 bits per heavy atom. The lowest BCUT2D eigenvalue weighted by molar-refractivity contribution is 0.415. The van der Waals surface area contributed by atoms with Gasteiger partial charge in [-0.15, -0.1) is 0 Å². The van der Waals surface area contributed by atoms with Crippen molar-refractivity contribution in [3.63, 3.8) is 0 Å². The van der Waals surface area contributed by atoms with Crippen molar-refractivity contribution >= 4 is 39.8 Å². The fourth-order valence-electron chi connectivity index (χ4n) is 2.28. The van der Waals surface area contributed by atoms with Gasteiger partial charge in [0.05, 0.1) is 35.3 Å². The van der Waals surface area contributed by atoms with Gasteiger partial charge < -0.3 is 9.47 Å². The fraction of sp³-hybridized carbons (Fsp3) is 0.125. The molecular weight excluding hydrogens is 353 g/mol. The molecule has 1 aromatic heterocycles. The van der Waals surface area contributed by atoms with Crippen molar-refractivity contribution < 1.29 is 9.47 Å². The summed E-state index contributed by atoms with van der Waals surface area (Å²) in [4.78, 5) is 17.0. The highest BCUT2D eigenvalue weighted by molar-refractivity contribution is 6.39. The van der Waals surface area contributed by atoms with E-state index in [1.807, 2.05) is 0 Å². The third-order valence-electron chi connectivity index (χ3n) is 3.44. The van der Waals surface area contributed by atoms with E-state index in [0.29, 0.717) is 27.7 Å². The summed E-state index contributed by atoms with van der Waals surface area (Å²) in [7, 11) is 3.04. The Hall–Kier alpha value is -2.44. The number of nitrogens with zero attached hydrogens (tertiary/aromatic N) is 2. The first-order valence-corrected chi connectivity index (χ1v) is 7.65. The zero-order valence-electron chi connectivity index (χ0n) is 12.8. The van der Waals surface area contributed by atoms with Gasteiger partial charge >= 0.3 is 0 Å². The van der Waals surface area contributed by atoms with Gasteiger partial charge in [-0.25, -0.2) is 9.66 Å². The van der Waals surface area contributed by atoms with E-state index in [-0.39, 0.29) is 16.0 Å². The van der Waals surface area contributed by atoms with Crippen LogP contribution in [0.15, 0.2) is 41.5 Å². The van der Waals surface area contributed by atoms with Crippen LogP contribution in [-0.2, 0) is 0 Å². The van der Waals surface area contributed by atoms with Crippen LogP contribution in [0.3, 0.4) is 0 Å². The van der Waals surface area contributed by atoms with E-state index in [9.17, 15) is 4.79 Å². The molecule has 6 nitrogen and oxygen atoms in total. The van der Waals surface area contributed by atoms with Gasteiger partial charge in [0.2, 0.25) is 0 Å². The van der Waals surface area contributed by atoms with E-state index in [4.69, 9.17) is 32.7 Å². The summed E-state index contributed by atoms with van der Waals surface area (Å²) in [6, 6.07) is 8.57. The van der Waals surface area contributed by atoms with E-state index < -0.39 is 0 Å². The molecule has 0 saturated heterocycles. The summed E-state index contributed by atoms with van der Waals surface area (Å²) < 4.78 is 11.6.